The Balaban J connectivity index is 2.71. The van der Waals surface area contributed by atoms with Crippen molar-refractivity contribution in [2.75, 3.05) is 5.32 Å². The second-order valence-electron chi connectivity index (χ2n) is 4.44. The minimum atomic E-state index is -0.476. The van der Waals surface area contributed by atoms with Crippen molar-refractivity contribution in [3.8, 4) is 0 Å². The second kappa shape index (κ2) is 4.74. The van der Waals surface area contributed by atoms with Gasteiger partial charge in [0.25, 0.3) is 5.78 Å². The fourth-order valence-corrected chi connectivity index (χ4v) is 2.26. The monoisotopic (exact) mass is 261 g/mol. The number of fused-ring (bicyclic) bond motifs is 1. The molecule has 5 nitrogen and oxygen atoms in total. The molecular formula is C13H12FN3O2. The Morgan fingerprint density at radius 1 is 1.47 bits per heavy atom. The summed E-state index contributed by atoms with van der Waals surface area (Å²) in [5.74, 6) is -1.35. The van der Waals surface area contributed by atoms with E-state index >= 15 is 0 Å². The smallest absolute Gasteiger partial charge is 0.339 e. The van der Waals surface area contributed by atoms with Crippen molar-refractivity contribution >= 4 is 23.1 Å². The zero-order chi connectivity index (χ0) is 14.2. The Kier molecular flexibility index (Phi) is 3.27. The molecule has 98 valence electrons. The van der Waals surface area contributed by atoms with Crippen LogP contribution in [0.4, 0.5) is 10.1 Å². The molecule has 1 aliphatic carbocycles. The molecule has 0 aromatic heterocycles. The van der Waals surface area contributed by atoms with Crippen molar-refractivity contribution in [2.24, 2.45) is 0 Å². The van der Waals surface area contributed by atoms with Crippen molar-refractivity contribution in [2.45, 2.75) is 26.7 Å². The lowest BCUT2D eigenvalue weighted by Gasteiger charge is -2.19. The van der Waals surface area contributed by atoms with Crippen LogP contribution in [0.5, 0.6) is 0 Å². The van der Waals surface area contributed by atoms with Gasteiger partial charge in [-0.3, -0.25) is 9.59 Å². The van der Waals surface area contributed by atoms with E-state index < -0.39 is 17.5 Å². The van der Waals surface area contributed by atoms with E-state index in [0.29, 0.717) is 17.5 Å². The highest BCUT2D eigenvalue weighted by Crippen LogP contribution is 2.31. The highest BCUT2D eigenvalue weighted by Gasteiger charge is 2.34. The third kappa shape index (κ3) is 2.18. The number of ketones is 1. The summed E-state index contributed by atoms with van der Waals surface area (Å²) in [6.07, 6.45) is 0.656. The van der Waals surface area contributed by atoms with Gasteiger partial charge in [-0.15, -0.1) is 0 Å². The normalized spacial score (nSPS) is 13.8. The number of benzene rings is 1. The molecule has 1 N–H and O–H groups in total. The van der Waals surface area contributed by atoms with Crippen molar-refractivity contribution in [3.63, 3.8) is 0 Å². The van der Waals surface area contributed by atoms with Gasteiger partial charge in [-0.1, -0.05) is 0 Å². The molecule has 0 unspecified atom stereocenters. The van der Waals surface area contributed by atoms with Crippen LogP contribution in [0.1, 0.15) is 34.8 Å². The quantitative estimate of drug-likeness (QED) is 0.618. The zero-order valence-electron chi connectivity index (χ0n) is 10.6. The number of Topliss-reactive ketones (excluding diaryl/α,β-unsaturated/α-hetero) is 1. The van der Waals surface area contributed by atoms with Gasteiger partial charge < -0.3 is 10.8 Å². The van der Waals surface area contributed by atoms with Crippen LogP contribution >= 0.6 is 0 Å². The lowest BCUT2D eigenvalue weighted by atomic mass is 9.85. The van der Waals surface area contributed by atoms with Crippen LogP contribution in [0, 0.1) is 12.7 Å². The third-order valence-corrected chi connectivity index (χ3v) is 3.19. The SMILES string of the molecule is CC(=O)Nc1cc(F)c(C)c2c1C(=O)C(=[N+]=[N-])CC2. The molecule has 0 atom stereocenters. The van der Waals surface area contributed by atoms with Gasteiger partial charge in [-0.25, -0.2) is 4.39 Å². The van der Waals surface area contributed by atoms with Crippen LogP contribution in [-0.2, 0) is 11.2 Å². The number of amides is 1. The van der Waals surface area contributed by atoms with Crippen LogP contribution in [0.15, 0.2) is 6.07 Å². The molecule has 0 fully saturated rings. The molecule has 0 bridgehead atoms. The number of halogens is 1. The summed E-state index contributed by atoms with van der Waals surface area (Å²) in [6, 6.07) is 1.12. The molecule has 19 heavy (non-hydrogen) atoms. The molecule has 0 spiro atoms. The average Bonchev–Trinajstić information content (AvgIpc) is 2.34. The van der Waals surface area contributed by atoms with Gasteiger partial charge >= 0.3 is 5.71 Å². The molecule has 1 aliphatic rings. The van der Waals surface area contributed by atoms with E-state index in [0.717, 1.165) is 6.07 Å². The molecule has 2 rings (SSSR count). The minimum Gasteiger partial charge on any atom is -0.361 e. The molecule has 0 radical (unpaired) electrons. The van der Waals surface area contributed by atoms with Crippen molar-refractivity contribution < 1.29 is 18.8 Å². The first-order valence-electron chi connectivity index (χ1n) is 5.81. The van der Waals surface area contributed by atoms with E-state index in [1.54, 1.807) is 6.92 Å². The number of anilines is 1. The summed E-state index contributed by atoms with van der Waals surface area (Å²) in [4.78, 5) is 26.2. The standard InChI is InChI=1S/C13H12FN3O2/c1-6-8-3-4-10(17-15)13(19)12(8)11(5-9(6)14)16-7(2)18/h5H,3-4H2,1-2H3,(H,16,18). The minimum absolute atomic E-state index is 0.0186. The van der Waals surface area contributed by atoms with Gasteiger partial charge in [-0.2, -0.15) is 4.79 Å². The van der Waals surface area contributed by atoms with Gasteiger partial charge in [0.2, 0.25) is 5.91 Å². The van der Waals surface area contributed by atoms with E-state index in [2.05, 4.69) is 10.1 Å². The van der Waals surface area contributed by atoms with Crippen LogP contribution < -0.4 is 5.32 Å². The maximum atomic E-state index is 13.8. The van der Waals surface area contributed by atoms with Crippen LogP contribution in [0.3, 0.4) is 0 Å². The lowest BCUT2D eigenvalue weighted by molar-refractivity contribution is -0.114. The topological polar surface area (TPSA) is 82.6 Å². The number of rotatable bonds is 1. The predicted molar refractivity (Wildman–Crippen MR) is 66.7 cm³/mol. The first-order valence-corrected chi connectivity index (χ1v) is 5.81. The summed E-state index contributed by atoms with van der Waals surface area (Å²) >= 11 is 0. The third-order valence-electron chi connectivity index (χ3n) is 3.19. The molecule has 0 saturated heterocycles. The molecule has 0 heterocycles. The van der Waals surface area contributed by atoms with Crippen LogP contribution in [0.2, 0.25) is 0 Å². The molecule has 1 aromatic rings. The van der Waals surface area contributed by atoms with E-state index in [-0.39, 0.29) is 23.4 Å². The fourth-order valence-electron chi connectivity index (χ4n) is 2.26. The first kappa shape index (κ1) is 13.1. The number of nitrogens with zero attached hydrogens (tertiary/aromatic N) is 2. The zero-order valence-corrected chi connectivity index (χ0v) is 10.6. The predicted octanol–water partition coefficient (Wildman–Crippen LogP) is 1.89. The number of carbonyl (C=O) groups excluding carboxylic acids is 2. The molecule has 6 heteroatoms. The van der Waals surface area contributed by atoms with E-state index in [1.807, 2.05) is 0 Å². The van der Waals surface area contributed by atoms with Gasteiger partial charge in [0.05, 0.1) is 17.7 Å². The van der Waals surface area contributed by atoms with E-state index in [4.69, 9.17) is 5.53 Å². The highest BCUT2D eigenvalue weighted by atomic mass is 19.1. The molecule has 1 aromatic carbocycles. The van der Waals surface area contributed by atoms with Gasteiger partial charge in [0, 0.05) is 6.92 Å². The Hall–Kier alpha value is -2.33. The summed E-state index contributed by atoms with van der Waals surface area (Å²) in [7, 11) is 0. The number of carbonyl (C=O) groups is 2. The maximum absolute atomic E-state index is 13.8. The number of hydrogen-bond donors (Lipinski definition) is 1. The maximum Gasteiger partial charge on any atom is 0.339 e. The highest BCUT2D eigenvalue weighted by molar-refractivity contribution is 6.46. The largest absolute Gasteiger partial charge is 0.361 e. The van der Waals surface area contributed by atoms with E-state index in [9.17, 15) is 14.0 Å². The lowest BCUT2D eigenvalue weighted by Crippen LogP contribution is -2.26. The fraction of sp³-hybridized carbons (Fsp3) is 0.308. The first-order chi connectivity index (χ1) is 8.95. The summed E-state index contributed by atoms with van der Waals surface area (Å²) in [5, 5.41) is 2.44. The number of nitrogens with one attached hydrogen (secondary N) is 1. The molecular weight excluding hydrogens is 249 g/mol. The van der Waals surface area contributed by atoms with Crippen LogP contribution in [-0.4, -0.2) is 22.2 Å². The van der Waals surface area contributed by atoms with Gasteiger partial charge in [-0.05, 0) is 30.5 Å². The molecule has 0 aliphatic heterocycles. The van der Waals surface area contributed by atoms with E-state index in [1.165, 1.54) is 6.92 Å². The molecule has 0 saturated carbocycles. The van der Waals surface area contributed by atoms with Crippen molar-refractivity contribution in [3.05, 3.63) is 34.1 Å². The Bertz CT molecular complexity index is 646. The van der Waals surface area contributed by atoms with Crippen molar-refractivity contribution in [1.82, 2.24) is 0 Å². The second-order valence-corrected chi connectivity index (χ2v) is 4.44. The van der Waals surface area contributed by atoms with Gasteiger partial charge in [0.1, 0.15) is 5.82 Å². The Labute approximate surface area is 109 Å². The summed E-state index contributed by atoms with van der Waals surface area (Å²) in [5.41, 5.74) is 10.1. The Morgan fingerprint density at radius 3 is 2.74 bits per heavy atom. The average molecular weight is 261 g/mol. The molecule has 1 amide bonds. The van der Waals surface area contributed by atoms with Crippen molar-refractivity contribution in [1.29, 1.82) is 0 Å². The number of hydrogen-bond acceptors (Lipinski definition) is 2. The van der Waals surface area contributed by atoms with Crippen LogP contribution in [0.25, 0.3) is 5.53 Å². The Morgan fingerprint density at radius 2 is 2.16 bits per heavy atom. The summed E-state index contributed by atoms with van der Waals surface area (Å²) < 4.78 is 13.8. The van der Waals surface area contributed by atoms with Gasteiger partial charge in [0.15, 0.2) is 0 Å². The summed E-state index contributed by atoms with van der Waals surface area (Å²) in [6.45, 7) is 2.86.